The van der Waals surface area contributed by atoms with Gasteiger partial charge in [-0.15, -0.1) is 0 Å². The van der Waals surface area contributed by atoms with Crippen molar-refractivity contribution in [3.8, 4) is 11.5 Å². The van der Waals surface area contributed by atoms with Crippen molar-refractivity contribution in [3.05, 3.63) is 23.8 Å². The Morgan fingerprint density at radius 1 is 1.19 bits per heavy atom. The number of hydrogen-bond acceptors (Lipinski definition) is 4. The van der Waals surface area contributed by atoms with E-state index in [2.05, 4.69) is 24.0 Å². The summed E-state index contributed by atoms with van der Waals surface area (Å²) >= 11 is 0. The SMILES string of the molecule is CC(c1ccc2c(c1)OCO2)N1CC2CCCC(N)C2C1. The van der Waals surface area contributed by atoms with Crippen molar-refractivity contribution in [2.75, 3.05) is 19.9 Å². The fourth-order valence-electron chi connectivity index (χ4n) is 4.25. The highest BCUT2D eigenvalue weighted by molar-refractivity contribution is 5.45. The van der Waals surface area contributed by atoms with Crippen molar-refractivity contribution < 1.29 is 9.47 Å². The summed E-state index contributed by atoms with van der Waals surface area (Å²) in [7, 11) is 0. The van der Waals surface area contributed by atoms with Gasteiger partial charge in [0.25, 0.3) is 0 Å². The molecule has 2 N–H and O–H groups in total. The van der Waals surface area contributed by atoms with Gasteiger partial charge in [0.2, 0.25) is 6.79 Å². The maximum Gasteiger partial charge on any atom is 0.231 e. The molecule has 114 valence electrons. The lowest BCUT2D eigenvalue weighted by atomic mass is 9.78. The van der Waals surface area contributed by atoms with E-state index in [0.717, 1.165) is 24.0 Å². The van der Waals surface area contributed by atoms with Gasteiger partial charge in [-0.2, -0.15) is 0 Å². The van der Waals surface area contributed by atoms with Gasteiger partial charge in [0, 0.05) is 25.2 Å². The predicted molar refractivity (Wildman–Crippen MR) is 81.4 cm³/mol. The standard InChI is InChI=1S/C17H24N2O2/c1-11(12-5-6-16-17(7-12)21-10-20-16)19-8-13-3-2-4-15(18)14(13)9-19/h5-7,11,13-15H,2-4,8-10,18H2,1H3. The molecule has 2 fully saturated rings. The molecule has 4 atom stereocenters. The van der Waals surface area contributed by atoms with Gasteiger partial charge < -0.3 is 15.2 Å². The third-order valence-corrected chi connectivity index (χ3v) is 5.61. The first-order valence-corrected chi connectivity index (χ1v) is 8.11. The zero-order valence-corrected chi connectivity index (χ0v) is 12.6. The monoisotopic (exact) mass is 288 g/mol. The molecule has 0 aromatic heterocycles. The molecule has 1 aromatic rings. The Bertz CT molecular complexity index is 534. The Morgan fingerprint density at radius 3 is 2.90 bits per heavy atom. The Hall–Kier alpha value is -1.26. The third-order valence-electron chi connectivity index (χ3n) is 5.61. The summed E-state index contributed by atoms with van der Waals surface area (Å²) in [6.07, 6.45) is 3.85. The Kier molecular flexibility index (Phi) is 3.31. The summed E-state index contributed by atoms with van der Waals surface area (Å²) in [4.78, 5) is 2.60. The molecule has 0 amide bonds. The Morgan fingerprint density at radius 2 is 2.05 bits per heavy atom. The first-order valence-electron chi connectivity index (χ1n) is 8.11. The number of rotatable bonds is 2. The van der Waals surface area contributed by atoms with E-state index in [1.165, 1.54) is 31.4 Å². The van der Waals surface area contributed by atoms with E-state index in [9.17, 15) is 0 Å². The Labute approximate surface area is 126 Å². The van der Waals surface area contributed by atoms with Crippen LogP contribution in [0.3, 0.4) is 0 Å². The molecule has 1 saturated heterocycles. The first-order chi connectivity index (χ1) is 10.2. The highest BCUT2D eigenvalue weighted by Gasteiger charge is 2.40. The molecule has 4 rings (SSSR count). The number of fused-ring (bicyclic) bond motifs is 2. The van der Waals surface area contributed by atoms with E-state index < -0.39 is 0 Å². The fourth-order valence-corrected chi connectivity index (χ4v) is 4.25. The molecule has 1 saturated carbocycles. The second kappa shape index (κ2) is 5.18. The predicted octanol–water partition coefficient (Wildman–Crippen LogP) is 2.54. The number of benzene rings is 1. The molecular weight excluding hydrogens is 264 g/mol. The van der Waals surface area contributed by atoms with E-state index in [1.54, 1.807) is 0 Å². The summed E-state index contributed by atoms with van der Waals surface area (Å²) in [5.74, 6) is 3.23. The van der Waals surface area contributed by atoms with E-state index >= 15 is 0 Å². The normalized spacial score (nSPS) is 33.0. The molecule has 1 aromatic carbocycles. The summed E-state index contributed by atoms with van der Waals surface area (Å²) < 4.78 is 10.9. The maximum absolute atomic E-state index is 6.33. The van der Waals surface area contributed by atoms with Gasteiger partial charge in [-0.25, -0.2) is 0 Å². The van der Waals surface area contributed by atoms with Gasteiger partial charge in [-0.1, -0.05) is 12.5 Å². The van der Waals surface area contributed by atoms with Crippen LogP contribution in [0.2, 0.25) is 0 Å². The number of hydrogen-bond donors (Lipinski definition) is 1. The highest BCUT2D eigenvalue weighted by Crippen LogP contribution is 2.40. The molecule has 4 nitrogen and oxygen atoms in total. The second-order valence-electron chi connectivity index (χ2n) is 6.76. The fraction of sp³-hybridized carbons (Fsp3) is 0.647. The van der Waals surface area contributed by atoms with Gasteiger partial charge in [0.05, 0.1) is 0 Å². The van der Waals surface area contributed by atoms with E-state index in [0.29, 0.717) is 24.8 Å². The van der Waals surface area contributed by atoms with Crippen molar-refractivity contribution >= 4 is 0 Å². The van der Waals surface area contributed by atoms with Gasteiger partial charge in [-0.3, -0.25) is 4.90 Å². The summed E-state index contributed by atoms with van der Waals surface area (Å²) in [6.45, 7) is 4.96. The van der Waals surface area contributed by atoms with Crippen molar-refractivity contribution in [1.82, 2.24) is 4.90 Å². The zero-order chi connectivity index (χ0) is 14.4. The number of ether oxygens (including phenoxy) is 2. The molecule has 0 radical (unpaired) electrons. The minimum Gasteiger partial charge on any atom is -0.454 e. The lowest BCUT2D eigenvalue weighted by Gasteiger charge is -2.30. The van der Waals surface area contributed by atoms with Gasteiger partial charge in [-0.05, 0) is 49.3 Å². The lowest BCUT2D eigenvalue weighted by molar-refractivity contribution is 0.173. The van der Waals surface area contributed by atoms with Crippen molar-refractivity contribution in [2.45, 2.75) is 38.3 Å². The molecule has 3 aliphatic rings. The third kappa shape index (κ3) is 2.30. The summed E-state index contributed by atoms with van der Waals surface area (Å²) in [6, 6.07) is 7.15. The highest BCUT2D eigenvalue weighted by atomic mass is 16.7. The largest absolute Gasteiger partial charge is 0.454 e. The molecule has 1 aliphatic carbocycles. The number of nitrogens with two attached hydrogens (primary N) is 1. The van der Waals surface area contributed by atoms with Crippen LogP contribution in [0, 0.1) is 11.8 Å². The van der Waals surface area contributed by atoms with Gasteiger partial charge in [0.1, 0.15) is 0 Å². The molecule has 21 heavy (non-hydrogen) atoms. The van der Waals surface area contributed by atoms with Gasteiger partial charge in [0.15, 0.2) is 11.5 Å². The van der Waals surface area contributed by atoms with Crippen LogP contribution in [-0.2, 0) is 0 Å². The molecule has 4 heteroatoms. The van der Waals surface area contributed by atoms with Crippen LogP contribution in [0.15, 0.2) is 18.2 Å². The summed E-state index contributed by atoms with van der Waals surface area (Å²) in [5.41, 5.74) is 7.64. The van der Waals surface area contributed by atoms with Crippen LogP contribution in [0.5, 0.6) is 11.5 Å². The molecular formula is C17H24N2O2. The number of nitrogens with zero attached hydrogens (tertiary/aromatic N) is 1. The molecule has 2 heterocycles. The van der Waals surface area contributed by atoms with E-state index in [-0.39, 0.29) is 0 Å². The number of likely N-dealkylation sites (tertiary alicyclic amines) is 1. The van der Waals surface area contributed by atoms with Crippen LogP contribution in [0.25, 0.3) is 0 Å². The average molecular weight is 288 g/mol. The lowest BCUT2D eigenvalue weighted by Crippen LogP contribution is -2.38. The van der Waals surface area contributed by atoms with Crippen molar-refractivity contribution in [3.63, 3.8) is 0 Å². The van der Waals surface area contributed by atoms with Crippen LogP contribution >= 0.6 is 0 Å². The van der Waals surface area contributed by atoms with Crippen molar-refractivity contribution in [2.24, 2.45) is 17.6 Å². The average Bonchev–Trinajstić information content (AvgIpc) is 3.12. The summed E-state index contributed by atoms with van der Waals surface area (Å²) in [5, 5.41) is 0. The van der Waals surface area contributed by atoms with Gasteiger partial charge >= 0.3 is 0 Å². The van der Waals surface area contributed by atoms with Crippen LogP contribution < -0.4 is 15.2 Å². The minimum absolute atomic E-state index is 0.343. The minimum atomic E-state index is 0.343. The molecule has 2 aliphatic heterocycles. The first kappa shape index (κ1) is 13.4. The topological polar surface area (TPSA) is 47.7 Å². The molecule has 0 spiro atoms. The maximum atomic E-state index is 6.33. The van der Waals surface area contributed by atoms with Crippen LogP contribution in [0.4, 0.5) is 0 Å². The van der Waals surface area contributed by atoms with Crippen molar-refractivity contribution in [1.29, 1.82) is 0 Å². The second-order valence-corrected chi connectivity index (χ2v) is 6.76. The van der Waals surface area contributed by atoms with Crippen LogP contribution in [-0.4, -0.2) is 30.8 Å². The van der Waals surface area contributed by atoms with E-state index in [4.69, 9.17) is 15.2 Å². The quantitative estimate of drug-likeness (QED) is 0.908. The smallest absolute Gasteiger partial charge is 0.231 e. The molecule has 0 bridgehead atoms. The Balaban J connectivity index is 1.51. The zero-order valence-electron chi connectivity index (χ0n) is 12.6. The molecule has 4 unspecified atom stereocenters. The van der Waals surface area contributed by atoms with Crippen LogP contribution in [0.1, 0.15) is 37.8 Å². The van der Waals surface area contributed by atoms with E-state index in [1.807, 2.05) is 6.07 Å².